The van der Waals surface area contributed by atoms with Crippen molar-refractivity contribution < 1.29 is 9.53 Å². The van der Waals surface area contributed by atoms with Gasteiger partial charge < -0.3 is 10.1 Å². The highest BCUT2D eigenvalue weighted by Gasteiger charge is 2.16. The van der Waals surface area contributed by atoms with Gasteiger partial charge in [-0.05, 0) is 37.4 Å². The molecule has 1 unspecified atom stereocenters. The van der Waals surface area contributed by atoms with Crippen LogP contribution >= 0.6 is 23.1 Å². The van der Waals surface area contributed by atoms with Crippen LogP contribution in [0.1, 0.15) is 29.0 Å². The highest BCUT2D eigenvalue weighted by molar-refractivity contribution is 8.00. The average Bonchev–Trinajstić information content (AvgIpc) is 3.31. The first kappa shape index (κ1) is 17.5. The van der Waals surface area contributed by atoms with Gasteiger partial charge in [0.05, 0.1) is 25.0 Å². The van der Waals surface area contributed by atoms with Gasteiger partial charge in [-0.15, -0.1) is 11.3 Å². The number of rotatable bonds is 6. The maximum absolute atomic E-state index is 12.3. The van der Waals surface area contributed by atoms with E-state index in [-0.39, 0.29) is 11.9 Å². The zero-order chi connectivity index (χ0) is 17.8. The maximum atomic E-state index is 12.3. The predicted molar refractivity (Wildman–Crippen MR) is 99.9 cm³/mol. The normalized spacial score (nSPS) is 12.0. The molecule has 25 heavy (non-hydrogen) atoms. The lowest BCUT2D eigenvalue weighted by molar-refractivity contribution is 0.0935. The Bertz CT molecular complexity index is 858. The molecule has 0 aliphatic rings. The van der Waals surface area contributed by atoms with E-state index in [4.69, 9.17) is 4.74 Å². The van der Waals surface area contributed by atoms with Crippen molar-refractivity contribution in [2.75, 3.05) is 13.4 Å². The molecule has 0 saturated heterocycles. The Balaban J connectivity index is 1.69. The quantitative estimate of drug-likeness (QED) is 0.668. The summed E-state index contributed by atoms with van der Waals surface area (Å²) in [5.74, 6) is 0.617. The third kappa shape index (κ3) is 4.02. The van der Waals surface area contributed by atoms with Crippen molar-refractivity contribution in [1.82, 2.24) is 20.1 Å². The number of aromatic nitrogens is 3. The van der Waals surface area contributed by atoms with Crippen LogP contribution in [0, 0.1) is 0 Å². The molecule has 130 valence electrons. The van der Waals surface area contributed by atoms with Crippen molar-refractivity contribution in [2.45, 2.75) is 17.3 Å². The Morgan fingerprint density at radius 3 is 2.76 bits per heavy atom. The van der Waals surface area contributed by atoms with Crippen molar-refractivity contribution >= 4 is 29.0 Å². The Morgan fingerprint density at radius 1 is 1.36 bits per heavy atom. The first-order valence-corrected chi connectivity index (χ1v) is 9.70. The van der Waals surface area contributed by atoms with E-state index in [9.17, 15) is 4.79 Å². The summed E-state index contributed by atoms with van der Waals surface area (Å²) in [6.07, 6.45) is 5.60. The molecule has 0 aliphatic heterocycles. The van der Waals surface area contributed by atoms with Crippen LogP contribution in [0.2, 0.25) is 0 Å². The van der Waals surface area contributed by atoms with Crippen molar-refractivity contribution in [3.8, 4) is 11.4 Å². The van der Waals surface area contributed by atoms with Crippen LogP contribution in [0.3, 0.4) is 0 Å². The molecule has 3 rings (SSSR count). The molecule has 0 spiro atoms. The summed E-state index contributed by atoms with van der Waals surface area (Å²) in [7, 11) is 1.63. The van der Waals surface area contributed by atoms with Crippen LogP contribution in [-0.4, -0.2) is 34.0 Å². The molecule has 0 bridgehead atoms. The molecule has 1 atom stereocenters. The molecule has 0 aliphatic carbocycles. The number of methoxy groups -OCH3 is 1. The minimum absolute atomic E-state index is 0.168. The highest BCUT2D eigenvalue weighted by Crippen LogP contribution is 2.21. The number of nitrogens with one attached hydrogen (secondary N) is 1. The van der Waals surface area contributed by atoms with E-state index in [0.717, 1.165) is 21.3 Å². The number of carbonyl (C=O) groups is 1. The molecule has 1 aromatic carbocycles. The molecule has 2 aromatic heterocycles. The Morgan fingerprint density at radius 2 is 2.12 bits per heavy atom. The van der Waals surface area contributed by atoms with Crippen molar-refractivity contribution in [3.63, 3.8) is 0 Å². The smallest absolute Gasteiger partial charge is 0.271 e. The summed E-state index contributed by atoms with van der Waals surface area (Å²) < 4.78 is 7.81. The standard InChI is InChI=1S/C17H18N4O2S2/c1-11(19-16(22)15-10-25-17(20-15)24-3)12-8-18-21(9-12)13-4-6-14(23-2)7-5-13/h4-11H,1-3H3,(H,19,22). The Kier molecular flexibility index (Phi) is 5.40. The fraction of sp³-hybridized carbons (Fsp3) is 0.235. The molecule has 0 radical (unpaired) electrons. The highest BCUT2D eigenvalue weighted by atomic mass is 32.2. The minimum Gasteiger partial charge on any atom is -0.497 e. The molecule has 1 amide bonds. The number of thioether (sulfide) groups is 1. The Labute approximate surface area is 154 Å². The second-order valence-electron chi connectivity index (χ2n) is 5.31. The largest absolute Gasteiger partial charge is 0.497 e. The van der Waals surface area contributed by atoms with Gasteiger partial charge >= 0.3 is 0 Å². The first-order chi connectivity index (χ1) is 12.1. The molecule has 8 heteroatoms. The number of carbonyl (C=O) groups excluding carboxylic acids is 1. The molecule has 1 N–H and O–H groups in total. The summed E-state index contributed by atoms with van der Waals surface area (Å²) in [5, 5.41) is 9.10. The maximum Gasteiger partial charge on any atom is 0.271 e. The van der Waals surface area contributed by atoms with E-state index in [1.807, 2.05) is 43.6 Å². The zero-order valence-electron chi connectivity index (χ0n) is 14.1. The van der Waals surface area contributed by atoms with Crippen LogP contribution < -0.4 is 10.1 Å². The van der Waals surface area contributed by atoms with Crippen molar-refractivity contribution in [2.24, 2.45) is 0 Å². The number of amides is 1. The van der Waals surface area contributed by atoms with Gasteiger partial charge in [0.15, 0.2) is 0 Å². The number of nitrogens with zero attached hydrogens (tertiary/aromatic N) is 3. The minimum atomic E-state index is -0.179. The van der Waals surface area contributed by atoms with Crippen LogP contribution in [-0.2, 0) is 0 Å². The molecule has 6 nitrogen and oxygen atoms in total. The number of benzene rings is 1. The van der Waals surface area contributed by atoms with Gasteiger partial charge in [-0.3, -0.25) is 4.79 Å². The van der Waals surface area contributed by atoms with Gasteiger partial charge in [-0.25, -0.2) is 9.67 Å². The molecule has 3 aromatic rings. The lowest BCUT2D eigenvalue weighted by Gasteiger charge is -2.10. The van der Waals surface area contributed by atoms with E-state index in [0.29, 0.717) is 5.69 Å². The van der Waals surface area contributed by atoms with Crippen LogP contribution in [0.4, 0.5) is 0 Å². The first-order valence-electron chi connectivity index (χ1n) is 7.60. The van der Waals surface area contributed by atoms with Gasteiger partial charge in [0.25, 0.3) is 5.91 Å². The van der Waals surface area contributed by atoms with Gasteiger partial charge in [-0.2, -0.15) is 5.10 Å². The lowest BCUT2D eigenvalue weighted by atomic mass is 10.2. The van der Waals surface area contributed by atoms with Crippen LogP contribution in [0.15, 0.2) is 46.4 Å². The number of hydrogen-bond acceptors (Lipinski definition) is 6. The third-order valence-corrected chi connectivity index (χ3v) is 5.54. The zero-order valence-corrected chi connectivity index (χ0v) is 15.7. The SMILES string of the molecule is COc1ccc(-n2cc(C(C)NC(=O)c3csc(SC)n3)cn2)cc1. The second-order valence-corrected chi connectivity index (χ2v) is 7.23. The van der Waals surface area contributed by atoms with Crippen LogP contribution in [0.25, 0.3) is 5.69 Å². The summed E-state index contributed by atoms with van der Waals surface area (Å²) in [4.78, 5) is 16.6. The number of ether oxygens (including phenoxy) is 1. The van der Waals surface area contributed by atoms with Gasteiger partial charge in [0.2, 0.25) is 0 Å². The fourth-order valence-corrected chi connectivity index (χ4v) is 3.49. The van der Waals surface area contributed by atoms with E-state index < -0.39 is 0 Å². The second kappa shape index (κ2) is 7.71. The molecule has 0 fully saturated rings. The average molecular weight is 374 g/mol. The van der Waals surface area contributed by atoms with Crippen LogP contribution in [0.5, 0.6) is 5.75 Å². The summed E-state index contributed by atoms with van der Waals surface area (Å²) in [6.45, 7) is 1.93. The molecule has 2 heterocycles. The van der Waals surface area contributed by atoms with Gasteiger partial charge in [0.1, 0.15) is 15.8 Å². The fourth-order valence-electron chi connectivity index (χ4n) is 2.25. The van der Waals surface area contributed by atoms with Gasteiger partial charge in [-0.1, -0.05) is 11.8 Å². The van der Waals surface area contributed by atoms with Crippen molar-refractivity contribution in [1.29, 1.82) is 0 Å². The molecular weight excluding hydrogens is 356 g/mol. The summed E-state index contributed by atoms with van der Waals surface area (Å²) in [5.41, 5.74) is 2.29. The number of thiazole rings is 1. The van der Waals surface area contributed by atoms with Crippen molar-refractivity contribution in [3.05, 3.63) is 53.3 Å². The Hall–Kier alpha value is -2.32. The van der Waals surface area contributed by atoms with E-state index in [1.54, 1.807) is 23.4 Å². The van der Waals surface area contributed by atoms with E-state index in [2.05, 4.69) is 15.4 Å². The summed E-state index contributed by atoms with van der Waals surface area (Å²) in [6, 6.07) is 7.45. The lowest BCUT2D eigenvalue weighted by Crippen LogP contribution is -2.26. The van der Waals surface area contributed by atoms with E-state index in [1.165, 1.54) is 23.1 Å². The molecule has 0 saturated carbocycles. The van der Waals surface area contributed by atoms with Gasteiger partial charge in [0, 0.05) is 17.1 Å². The monoisotopic (exact) mass is 374 g/mol. The predicted octanol–water partition coefficient (Wildman–Crippen LogP) is 3.55. The number of hydrogen-bond donors (Lipinski definition) is 1. The third-order valence-electron chi connectivity index (χ3n) is 3.68. The van der Waals surface area contributed by atoms with E-state index >= 15 is 0 Å². The topological polar surface area (TPSA) is 69.0 Å². The summed E-state index contributed by atoms with van der Waals surface area (Å²) >= 11 is 3.00. The molecular formula is C17H18N4O2S2.